The van der Waals surface area contributed by atoms with Crippen LogP contribution in [0, 0.1) is 0 Å². The van der Waals surface area contributed by atoms with Gasteiger partial charge >= 0.3 is 0 Å². The summed E-state index contributed by atoms with van der Waals surface area (Å²) >= 11 is 0. The van der Waals surface area contributed by atoms with E-state index in [0.29, 0.717) is 6.61 Å². The molecule has 0 fully saturated rings. The number of nitrogens with zero attached hydrogens (tertiary/aromatic N) is 1. The molecule has 18 heavy (non-hydrogen) atoms. The van der Waals surface area contributed by atoms with Gasteiger partial charge in [0, 0.05) is 20.2 Å². The average Bonchev–Trinajstić information content (AvgIpc) is 2.40. The molecule has 1 rings (SSSR count). The highest BCUT2D eigenvalue weighted by atomic mass is 16.5. The highest BCUT2D eigenvalue weighted by Crippen LogP contribution is 2.03. The molecule has 100 valence electrons. The number of carbonyl (C=O) groups excluding carboxylic acids is 1. The zero-order valence-corrected chi connectivity index (χ0v) is 11.4. The van der Waals surface area contributed by atoms with Crippen LogP contribution in [0.3, 0.4) is 0 Å². The molecule has 0 radical (unpaired) electrons. The lowest BCUT2D eigenvalue weighted by molar-refractivity contribution is -0.134. The van der Waals surface area contributed by atoms with Gasteiger partial charge in [-0.05, 0) is 24.8 Å². The minimum absolute atomic E-state index is 0.0662. The monoisotopic (exact) mass is 249 g/mol. The Hall–Kier alpha value is -1.35. The van der Waals surface area contributed by atoms with Crippen LogP contribution in [0.4, 0.5) is 0 Å². The van der Waals surface area contributed by atoms with E-state index in [1.807, 2.05) is 32.2 Å². The van der Waals surface area contributed by atoms with Gasteiger partial charge in [0.15, 0.2) is 0 Å². The fourth-order valence-electron chi connectivity index (χ4n) is 1.70. The Morgan fingerprint density at radius 3 is 2.67 bits per heavy atom. The van der Waals surface area contributed by atoms with E-state index < -0.39 is 0 Å². The van der Waals surface area contributed by atoms with Crippen molar-refractivity contribution < 1.29 is 9.53 Å². The van der Waals surface area contributed by atoms with Crippen LogP contribution in [0.25, 0.3) is 0 Å². The number of aryl methyl sites for hydroxylation is 1. The first-order valence-electron chi connectivity index (χ1n) is 6.59. The van der Waals surface area contributed by atoms with E-state index in [1.165, 1.54) is 5.56 Å². The van der Waals surface area contributed by atoms with Gasteiger partial charge in [-0.15, -0.1) is 0 Å². The molecule has 0 saturated heterocycles. The predicted octanol–water partition coefficient (Wildman–Crippen LogP) is 2.50. The number of benzene rings is 1. The molecule has 0 N–H and O–H groups in total. The molecule has 0 saturated carbocycles. The van der Waals surface area contributed by atoms with E-state index in [2.05, 4.69) is 12.1 Å². The summed E-state index contributed by atoms with van der Waals surface area (Å²) in [5.41, 5.74) is 1.32. The largest absolute Gasteiger partial charge is 0.372 e. The van der Waals surface area contributed by atoms with E-state index in [0.717, 1.165) is 25.8 Å². The zero-order valence-electron chi connectivity index (χ0n) is 11.4. The topological polar surface area (TPSA) is 29.5 Å². The van der Waals surface area contributed by atoms with Crippen LogP contribution in [0.1, 0.15) is 25.3 Å². The zero-order chi connectivity index (χ0) is 13.2. The molecule has 1 aromatic rings. The van der Waals surface area contributed by atoms with Crippen molar-refractivity contribution in [3.8, 4) is 0 Å². The van der Waals surface area contributed by atoms with Crippen LogP contribution < -0.4 is 0 Å². The lowest BCUT2D eigenvalue weighted by Gasteiger charge is -2.17. The minimum atomic E-state index is 0.0662. The lowest BCUT2D eigenvalue weighted by atomic mass is 10.1. The smallest absolute Gasteiger partial charge is 0.248 e. The maximum absolute atomic E-state index is 11.7. The number of ether oxygens (including phenoxy) is 1. The van der Waals surface area contributed by atoms with Gasteiger partial charge in [0.1, 0.15) is 6.61 Å². The summed E-state index contributed by atoms with van der Waals surface area (Å²) in [7, 11) is 1.84. The number of rotatable bonds is 8. The molecule has 1 aromatic carbocycles. The number of likely N-dealkylation sites (N-methyl/N-ethyl adjacent to an activating group) is 1. The molecule has 0 spiro atoms. The molecule has 3 nitrogen and oxygen atoms in total. The molecular weight excluding hydrogens is 226 g/mol. The second kappa shape index (κ2) is 8.70. The van der Waals surface area contributed by atoms with Crippen LogP contribution in [0.15, 0.2) is 30.3 Å². The van der Waals surface area contributed by atoms with Gasteiger partial charge in [-0.1, -0.05) is 37.3 Å². The van der Waals surface area contributed by atoms with Crippen molar-refractivity contribution in [3.05, 3.63) is 35.9 Å². The Balaban J connectivity index is 2.16. The Bertz CT molecular complexity index is 338. The normalized spacial score (nSPS) is 10.3. The van der Waals surface area contributed by atoms with E-state index in [1.54, 1.807) is 4.90 Å². The van der Waals surface area contributed by atoms with Gasteiger partial charge < -0.3 is 9.64 Å². The summed E-state index contributed by atoms with van der Waals surface area (Å²) < 4.78 is 5.24. The Kier molecular flexibility index (Phi) is 7.11. The Labute approximate surface area is 110 Å². The molecule has 0 unspecified atom stereocenters. The molecule has 1 amide bonds. The van der Waals surface area contributed by atoms with E-state index in [-0.39, 0.29) is 12.5 Å². The summed E-state index contributed by atoms with van der Waals surface area (Å²) in [6, 6.07) is 10.3. The number of hydrogen-bond donors (Lipinski definition) is 0. The molecule has 0 aliphatic heterocycles. The van der Waals surface area contributed by atoms with Gasteiger partial charge in [0.2, 0.25) is 5.91 Å². The van der Waals surface area contributed by atoms with Gasteiger partial charge in [-0.2, -0.15) is 0 Å². The summed E-state index contributed by atoms with van der Waals surface area (Å²) in [6.07, 6.45) is 2.94. The van der Waals surface area contributed by atoms with E-state index >= 15 is 0 Å². The molecule has 0 heterocycles. The van der Waals surface area contributed by atoms with Crippen LogP contribution in [-0.2, 0) is 16.0 Å². The van der Waals surface area contributed by atoms with Gasteiger partial charge in [0.05, 0.1) is 0 Å². The first-order valence-corrected chi connectivity index (χ1v) is 6.59. The van der Waals surface area contributed by atoms with Gasteiger partial charge in [-0.25, -0.2) is 0 Å². The summed E-state index contributed by atoms with van der Waals surface area (Å²) in [4.78, 5) is 13.4. The minimum Gasteiger partial charge on any atom is -0.372 e. The maximum Gasteiger partial charge on any atom is 0.248 e. The Morgan fingerprint density at radius 1 is 1.28 bits per heavy atom. The quantitative estimate of drug-likeness (QED) is 0.662. The van der Waals surface area contributed by atoms with Crippen molar-refractivity contribution in [1.29, 1.82) is 0 Å². The first-order chi connectivity index (χ1) is 8.74. The number of hydrogen-bond acceptors (Lipinski definition) is 2. The fourth-order valence-corrected chi connectivity index (χ4v) is 1.70. The molecule has 0 aliphatic rings. The van der Waals surface area contributed by atoms with E-state index in [4.69, 9.17) is 4.74 Å². The van der Waals surface area contributed by atoms with Gasteiger partial charge in [-0.3, -0.25) is 4.79 Å². The highest BCUT2D eigenvalue weighted by molar-refractivity contribution is 5.77. The standard InChI is InChI=1S/C15H23NO2/c1-3-12-18-13-15(17)16(2)11-7-10-14-8-5-4-6-9-14/h4-6,8-9H,3,7,10-13H2,1-2H3. The Morgan fingerprint density at radius 2 is 2.00 bits per heavy atom. The van der Waals surface area contributed by atoms with Crippen molar-refractivity contribution in [1.82, 2.24) is 4.90 Å². The molecule has 3 heteroatoms. The predicted molar refractivity (Wildman–Crippen MR) is 73.5 cm³/mol. The third-order valence-corrected chi connectivity index (χ3v) is 2.80. The van der Waals surface area contributed by atoms with Crippen LogP contribution in [-0.4, -0.2) is 37.6 Å². The third kappa shape index (κ3) is 5.82. The summed E-state index contributed by atoms with van der Waals surface area (Å²) in [5.74, 6) is 0.0662. The van der Waals surface area contributed by atoms with Gasteiger partial charge in [0.25, 0.3) is 0 Å². The second-order valence-corrected chi connectivity index (χ2v) is 4.46. The molecule has 0 aromatic heterocycles. The molecule has 0 aliphatic carbocycles. The lowest BCUT2D eigenvalue weighted by Crippen LogP contribution is -2.31. The first kappa shape index (κ1) is 14.7. The summed E-state index contributed by atoms with van der Waals surface area (Å²) in [5, 5.41) is 0. The maximum atomic E-state index is 11.7. The number of carbonyl (C=O) groups is 1. The average molecular weight is 249 g/mol. The van der Waals surface area contributed by atoms with Crippen molar-refractivity contribution >= 4 is 5.91 Å². The summed E-state index contributed by atoms with van der Waals surface area (Å²) in [6.45, 7) is 3.68. The molecular formula is C15H23NO2. The fraction of sp³-hybridized carbons (Fsp3) is 0.533. The van der Waals surface area contributed by atoms with Crippen LogP contribution in [0.5, 0.6) is 0 Å². The molecule has 0 atom stereocenters. The highest BCUT2D eigenvalue weighted by Gasteiger charge is 2.07. The van der Waals surface area contributed by atoms with Crippen molar-refractivity contribution in [2.45, 2.75) is 26.2 Å². The van der Waals surface area contributed by atoms with Crippen LogP contribution in [0.2, 0.25) is 0 Å². The SMILES string of the molecule is CCCOCC(=O)N(C)CCCc1ccccc1. The van der Waals surface area contributed by atoms with E-state index in [9.17, 15) is 4.79 Å². The third-order valence-electron chi connectivity index (χ3n) is 2.80. The second-order valence-electron chi connectivity index (χ2n) is 4.46. The van der Waals surface area contributed by atoms with Crippen molar-refractivity contribution in [2.75, 3.05) is 26.8 Å². The molecule has 0 bridgehead atoms. The number of amides is 1. The van der Waals surface area contributed by atoms with Crippen molar-refractivity contribution in [2.24, 2.45) is 0 Å². The van der Waals surface area contributed by atoms with Crippen molar-refractivity contribution in [3.63, 3.8) is 0 Å². The van der Waals surface area contributed by atoms with Crippen LogP contribution >= 0.6 is 0 Å².